The van der Waals surface area contributed by atoms with Gasteiger partial charge in [-0.2, -0.15) is 0 Å². The van der Waals surface area contributed by atoms with E-state index in [0.717, 1.165) is 31.8 Å². The lowest BCUT2D eigenvalue weighted by Gasteiger charge is -2.34. The Morgan fingerprint density at radius 2 is 1.89 bits per heavy atom. The van der Waals surface area contributed by atoms with Crippen molar-refractivity contribution in [2.75, 3.05) is 24.7 Å². The Balaban J connectivity index is 0.00000261. The molecule has 0 aromatic carbocycles. The molecular formula is C19H36IN3O3S. The van der Waals surface area contributed by atoms with Crippen LogP contribution in [0.15, 0.2) is 4.99 Å². The third-order valence-corrected chi connectivity index (χ3v) is 7.93. The number of hydrogen-bond donors (Lipinski definition) is 2. The molecule has 8 heteroatoms. The summed E-state index contributed by atoms with van der Waals surface area (Å²) in [5.74, 6) is 2.29. The molecule has 1 saturated carbocycles. The van der Waals surface area contributed by atoms with Gasteiger partial charge in [-0.1, -0.05) is 19.8 Å². The maximum absolute atomic E-state index is 11.7. The number of ether oxygens (including phenoxy) is 1. The number of hydrogen-bond acceptors (Lipinski definition) is 4. The van der Waals surface area contributed by atoms with Crippen LogP contribution in [0.5, 0.6) is 0 Å². The minimum Gasteiger partial charge on any atom is -0.378 e. The minimum atomic E-state index is -2.84. The summed E-state index contributed by atoms with van der Waals surface area (Å²) in [6.45, 7) is 5.81. The summed E-state index contributed by atoms with van der Waals surface area (Å²) < 4.78 is 29.1. The van der Waals surface area contributed by atoms with Crippen molar-refractivity contribution in [3.8, 4) is 0 Å². The fraction of sp³-hybridized carbons (Fsp3) is 0.947. The summed E-state index contributed by atoms with van der Waals surface area (Å²) in [5.41, 5.74) is 0. The van der Waals surface area contributed by atoms with Crippen molar-refractivity contribution in [2.45, 2.75) is 77.0 Å². The molecule has 1 aliphatic carbocycles. The monoisotopic (exact) mass is 513 g/mol. The molecule has 2 heterocycles. The molecule has 3 rings (SSSR count). The fourth-order valence-electron chi connectivity index (χ4n) is 4.40. The second kappa shape index (κ2) is 10.6. The average molecular weight is 513 g/mol. The van der Waals surface area contributed by atoms with Gasteiger partial charge in [0, 0.05) is 25.2 Å². The van der Waals surface area contributed by atoms with E-state index in [1.807, 2.05) is 0 Å². The molecule has 2 aliphatic heterocycles. The van der Waals surface area contributed by atoms with Gasteiger partial charge in [0.2, 0.25) is 0 Å². The molecule has 0 radical (unpaired) electrons. The number of rotatable bonds is 4. The van der Waals surface area contributed by atoms with Crippen LogP contribution < -0.4 is 10.6 Å². The molecule has 3 aliphatic rings. The van der Waals surface area contributed by atoms with Crippen molar-refractivity contribution >= 4 is 39.8 Å². The van der Waals surface area contributed by atoms with Crippen molar-refractivity contribution in [2.24, 2.45) is 16.8 Å². The molecule has 5 atom stereocenters. The normalized spacial score (nSPS) is 36.7. The first-order valence-corrected chi connectivity index (χ1v) is 12.1. The first-order chi connectivity index (χ1) is 12.4. The Morgan fingerprint density at radius 3 is 2.56 bits per heavy atom. The first-order valence-electron chi connectivity index (χ1n) is 10.3. The van der Waals surface area contributed by atoms with Gasteiger partial charge >= 0.3 is 0 Å². The van der Waals surface area contributed by atoms with Gasteiger partial charge in [-0.05, 0) is 50.9 Å². The third-order valence-electron chi connectivity index (χ3n) is 6.09. The summed E-state index contributed by atoms with van der Waals surface area (Å²) in [6.07, 6.45) is 8.02. The van der Waals surface area contributed by atoms with Crippen LogP contribution in [0.1, 0.15) is 58.8 Å². The van der Waals surface area contributed by atoms with Crippen molar-refractivity contribution in [3.63, 3.8) is 0 Å². The van der Waals surface area contributed by atoms with E-state index in [9.17, 15) is 8.42 Å². The molecule has 0 amide bonds. The number of sulfone groups is 1. The SMILES string of the molecule is CC1CC(NC(=NCC2CCS(=O)(=O)C2)NC2CCCCC2C)CCO1.I. The van der Waals surface area contributed by atoms with Crippen LogP contribution >= 0.6 is 24.0 Å². The fourth-order valence-corrected chi connectivity index (χ4v) is 6.25. The maximum atomic E-state index is 11.7. The highest BCUT2D eigenvalue weighted by Crippen LogP contribution is 2.24. The number of halogens is 1. The van der Waals surface area contributed by atoms with Gasteiger partial charge in [0.1, 0.15) is 0 Å². The number of aliphatic imine (C=N–C) groups is 1. The summed E-state index contributed by atoms with van der Waals surface area (Å²) in [5, 5.41) is 7.27. The zero-order valence-corrected chi connectivity index (χ0v) is 19.8. The molecule has 0 aromatic rings. The quantitative estimate of drug-likeness (QED) is 0.344. The molecule has 2 N–H and O–H groups in total. The van der Waals surface area contributed by atoms with Gasteiger partial charge in [-0.15, -0.1) is 24.0 Å². The molecule has 2 saturated heterocycles. The largest absolute Gasteiger partial charge is 0.378 e. The Kier molecular flexibility index (Phi) is 9.12. The molecule has 0 aromatic heterocycles. The summed E-state index contributed by atoms with van der Waals surface area (Å²) in [6, 6.07) is 0.829. The van der Waals surface area contributed by atoms with Crippen LogP contribution in [0.2, 0.25) is 0 Å². The Labute approximate surface area is 181 Å². The molecular weight excluding hydrogens is 477 g/mol. The lowest BCUT2D eigenvalue weighted by atomic mass is 9.86. The molecule has 27 heavy (non-hydrogen) atoms. The van der Waals surface area contributed by atoms with Gasteiger partial charge in [-0.3, -0.25) is 4.99 Å². The van der Waals surface area contributed by atoms with E-state index >= 15 is 0 Å². The third kappa shape index (κ3) is 7.34. The number of nitrogens with one attached hydrogen (secondary N) is 2. The van der Waals surface area contributed by atoms with Crippen LogP contribution in [0.3, 0.4) is 0 Å². The minimum absolute atomic E-state index is 0. The lowest BCUT2D eigenvalue weighted by molar-refractivity contribution is 0.0164. The smallest absolute Gasteiger partial charge is 0.191 e. The van der Waals surface area contributed by atoms with Gasteiger partial charge in [0.05, 0.1) is 17.6 Å². The van der Waals surface area contributed by atoms with Gasteiger partial charge in [-0.25, -0.2) is 8.42 Å². The summed E-state index contributed by atoms with van der Waals surface area (Å²) >= 11 is 0. The predicted molar refractivity (Wildman–Crippen MR) is 121 cm³/mol. The van der Waals surface area contributed by atoms with E-state index in [-0.39, 0.29) is 41.8 Å². The molecule has 5 unspecified atom stereocenters. The summed E-state index contributed by atoms with van der Waals surface area (Å²) in [7, 11) is -2.84. The molecule has 6 nitrogen and oxygen atoms in total. The number of nitrogens with zero attached hydrogens (tertiary/aromatic N) is 1. The summed E-state index contributed by atoms with van der Waals surface area (Å²) in [4.78, 5) is 4.81. The van der Waals surface area contributed by atoms with E-state index in [4.69, 9.17) is 9.73 Å². The van der Waals surface area contributed by atoms with Crippen molar-refractivity contribution < 1.29 is 13.2 Å². The Hall–Kier alpha value is -0.0900. The maximum Gasteiger partial charge on any atom is 0.191 e. The molecule has 0 spiro atoms. The Morgan fingerprint density at radius 1 is 1.11 bits per heavy atom. The number of guanidine groups is 1. The van der Waals surface area contributed by atoms with Gasteiger partial charge in [0.25, 0.3) is 0 Å². The van der Waals surface area contributed by atoms with E-state index in [1.165, 1.54) is 25.7 Å². The molecule has 158 valence electrons. The topological polar surface area (TPSA) is 79.8 Å². The average Bonchev–Trinajstić information content (AvgIpc) is 2.94. The van der Waals surface area contributed by atoms with Crippen molar-refractivity contribution in [1.29, 1.82) is 0 Å². The first kappa shape index (κ1) is 23.2. The van der Waals surface area contributed by atoms with E-state index in [2.05, 4.69) is 24.5 Å². The highest BCUT2D eigenvalue weighted by atomic mass is 127. The zero-order valence-electron chi connectivity index (χ0n) is 16.7. The van der Waals surface area contributed by atoms with Crippen LogP contribution in [0, 0.1) is 11.8 Å². The van der Waals surface area contributed by atoms with E-state index < -0.39 is 9.84 Å². The molecule has 0 bridgehead atoms. The highest BCUT2D eigenvalue weighted by Gasteiger charge is 2.29. The second-order valence-electron chi connectivity index (χ2n) is 8.52. The van der Waals surface area contributed by atoms with E-state index in [1.54, 1.807) is 0 Å². The van der Waals surface area contributed by atoms with Crippen LogP contribution in [0.25, 0.3) is 0 Å². The standard InChI is InChI=1S/C19H35N3O3S.HI/c1-14-5-3-4-6-18(14)22-19(21-17-7-9-25-15(2)11-17)20-12-16-8-10-26(23,24)13-16;/h14-18H,3-13H2,1-2H3,(H2,20,21,22);1H. The van der Waals surface area contributed by atoms with Crippen molar-refractivity contribution in [1.82, 2.24) is 10.6 Å². The van der Waals surface area contributed by atoms with Crippen molar-refractivity contribution in [3.05, 3.63) is 0 Å². The van der Waals surface area contributed by atoms with Crippen LogP contribution in [0.4, 0.5) is 0 Å². The Bertz CT molecular complexity index is 599. The zero-order chi connectivity index (χ0) is 18.6. The highest BCUT2D eigenvalue weighted by molar-refractivity contribution is 14.0. The molecule has 3 fully saturated rings. The predicted octanol–water partition coefficient (Wildman–Crippen LogP) is 2.72. The van der Waals surface area contributed by atoms with Crippen LogP contribution in [-0.4, -0.2) is 57.2 Å². The van der Waals surface area contributed by atoms with Gasteiger partial charge < -0.3 is 15.4 Å². The van der Waals surface area contributed by atoms with Crippen LogP contribution in [-0.2, 0) is 14.6 Å². The van der Waals surface area contributed by atoms with Gasteiger partial charge in [0.15, 0.2) is 15.8 Å². The lowest BCUT2D eigenvalue weighted by Crippen LogP contribution is -2.52. The van der Waals surface area contributed by atoms with E-state index in [0.29, 0.717) is 30.3 Å². The second-order valence-corrected chi connectivity index (χ2v) is 10.7.